The standard InChI is InChI=1S/C18H18FN3O3S/c19-13-5-11-14(17-15(13)21-4-3-20-6-10(21)8-26-17)22(9-1-2-9)7-12(16(11)23)18(24)25/h5,7,9-10,20H,1-4,6,8H2,(H,24,25)/t10-/m0/s1. The number of aromatic carboxylic acids is 1. The first kappa shape index (κ1) is 16.1. The minimum Gasteiger partial charge on any atom is -0.477 e. The van der Waals surface area contributed by atoms with Crippen LogP contribution in [0.4, 0.5) is 10.1 Å². The Labute approximate surface area is 153 Å². The highest BCUT2D eigenvalue weighted by Gasteiger charge is 2.35. The summed E-state index contributed by atoms with van der Waals surface area (Å²) in [5.74, 6) is -0.884. The number of benzene rings is 1. The number of carboxylic acid groups (broad SMARTS) is 1. The van der Waals surface area contributed by atoms with Crippen molar-refractivity contribution >= 4 is 34.3 Å². The molecule has 2 fully saturated rings. The highest BCUT2D eigenvalue weighted by atomic mass is 32.2. The largest absolute Gasteiger partial charge is 0.477 e. The van der Waals surface area contributed by atoms with Crippen molar-refractivity contribution in [3.63, 3.8) is 0 Å². The van der Waals surface area contributed by atoms with Crippen LogP contribution in [0.2, 0.25) is 0 Å². The zero-order valence-corrected chi connectivity index (χ0v) is 14.8. The van der Waals surface area contributed by atoms with Crippen LogP contribution in [-0.2, 0) is 0 Å². The molecule has 3 aliphatic rings. The zero-order valence-electron chi connectivity index (χ0n) is 14.0. The summed E-state index contributed by atoms with van der Waals surface area (Å²) in [6.45, 7) is 2.34. The summed E-state index contributed by atoms with van der Waals surface area (Å²) in [7, 11) is 0. The molecule has 6 nitrogen and oxygen atoms in total. The SMILES string of the molecule is O=C(O)c1cn(C2CC2)c2c3c(c(F)cc2c1=O)N1CCNC[C@H]1CS3. The van der Waals surface area contributed by atoms with Gasteiger partial charge in [0.2, 0.25) is 5.43 Å². The first-order chi connectivity index (χ1) is 12.6. The maximum absolute atomic E-state index is 15.1. The Balaban J connectivity index is 1.84. The summed E-state index contributed by atoms with van der Waals surface area (Å²) in [5, 5.41) is 12.9. The van der Waals surface area contributed by atoms with E-state index in [9.17, 15) is 14.7 Å². The fraction of sp³-hybridized carbons (Fsp3) is 0.444. The van der Waals surface area contributed by atoms with E-state index in [0.717, 1.165) is 43.1 Å². The third kappa shape index (κ3) is 2.28. The van der Waals surface area contributed by atoms with Gasteiger partial charge < -0.3 is 19.9 Å². The Bertz CT molecular complexity index is 1000. The fourth-order valence-corrected chi connectivity index (χ4v) is 5.38. The van der Waals surface area contributed by atoms with Crippen LogP contribution in [0, 0.1) is 5.82 Å². The number of hydrogen-bond donors (Lipinski definition) is 2. The van der Waals surface area contributed by atoms with Gasteiger partial charge in [0.1, 0.15) is 11.4 Å². The second-order valence-electron chi connectivity index (χ2n) is 7.11. The van der Waals surface area contributed by atoms with Gasteiger partial charge in [-0.2, -0.15) is 0 Å². The van der Waals surface area contributed by atoms with E-state index in [2.05, 4.69) is 10.2 Å². The van der Waals surface area contributed by atoms with Crippen LogP contribution in [0.5, 0.6) is 0 Å². The van der Waals surface area contributed by atoms with Crippen molar-refractivity contribution in [3.05, 3.63) is 33.9 Å². The van der Waals surface area contributed by atoms with Crippen LogP contribution in [0.3, 0.4) is 0 Å². The number of pyridine rings is 1. The van der Waals surface area contributed by atoms with Gasteiger partial charge in [-0.25, -0.2) is 9.18 Å². The molecule has 5 rings (SSSR count). The van der Waals surface area contributed by atoms with Crippen molar-refractivity contribution < 1.29 is 14.3 Å². The third-order valence-corrected chi connectivity index (χ3v) is 6.65. The molecule has 1 saturated carbocycles. The molecular weight excluding hydrogens is 357 g/mol. The monoisotopic (exact) mass is 375 g/mol. The first-order valence-corrected chi connectivity index (χ1v) is 9.79. The molecule has 2 N–H and O–H groups in total. The van der Waals surface area contributed by atoms with E-state index in [0.29, 0.717) is 11.2 Å². The predicted molar refractivity (Wildman–Crippen MR) is 98.1 cm³/mol. The number of halogens is 1. The fourth-order valence-electron chi connectivity index (χ4n) is 4.02. The van der Waals surface area contributed by atoms with Crippen LogP contribution in [0.25, 0.3) is 10.9 Å². The average molecular weight is 375 g/mol. The number of aromatic nitrogens is 1. The number of piperazine rings is 1. The minimum absolute atomic E-state index is 0.175. The molecule has 0 unspecified atom stereocenters. The van der Waals surface area contributed by atoms with Crippen LogP contribution in [-0.4, -0.2) is 47.1 Å². The van der Waals surface area contributed by atoms with E-state index in [-0.39, 0.29) is 23.0 Å². The molecule has 1 atom stereocenters. The molecule has 0 radical (unpaired) electrons. The Morgan fingerprint density at radius 1 is 1.35 bits per heavy atom. The highest BCUT2D eigenvalue weighted by molar-refractivity contribution is 7.99. The van der Waals surface area contributed by atoms with E-state index in [1.165, 1.54) is 12.3 Å². The number of nitrogens with zero attached hydrogens (tertiary/aromatic N) is 2. The van der Waals surface area contributed by atoms with E-state index in [4.69, 9.17) is 0 Å². The lowest BCUT2D eigenvalue weighted by molar-refractivity contribution is 0.0695. The summed E-state index contributed by atoms with van der Waals surface area (Å²) >= 11 is 1.57. The number of rotatable bonds is 2. The second kappa shape index (κ2) is 5.72. The van der Waals surface area contributed by atoms with Gasteiger partial charge in [0.05, 0.1) is 27.5 Å². The zero-order chi connectivity index (χ0) is 18.0. The molecule has 0 bridgehead atoms. The van der Waals surface area contributed by atoms with Gasteiger partial charge in [0.25, 0.3) is 0 Å². The van der Waals surface area contributed by atoms with Gasteiger partial charge in [0, 0.05) is 37.6 Å². The number of carbonyl (C=O) groups is 1. The van der Waals surface area contributed by atoms with Crippen LogP contribution < -0.4 is 15.6 Å². The molecule has 8 heteroatoms. The molecule has 2 aromatic rings. The van der Waals surface area contributed by atoms with Crippen molar-refractivity contribution in [2.75, 3.05) is 30.3 Å². The van der Waals surface area contributed by atoms with Crippen molar-refractivity contribution in [1.29, 1.82) is 0 Å². The Kier molecular flexibility index (Phi) is 3.55. The minimum atomic E-state index is -1.26. The molecule has 26 heavy (non-hydrogen) atoms. The van der Waals surface area contributed by atoms with E-state index in [1.54, 1.807) is 11.8 Å². The van der Waals surface area contributed by atoms with Crippen LogP contribution in [0.15, 0.2) is 22.0 Å². The summed E-state index contributed by atoms with van der Waals surface area (Å²) in [5.41, 5.74) is 0.372. The van der Waals surface area contributed by atoms with Crippen molar-refractivity contribution in [3.8, 4) is 0 Å². The molecule has 2 aliphatic heterocycles. The normalized spacial score (nSPS) is 22.2. The van der Waals surface area contributed by atoms with E-state index in [1.807, 2.05) is 4.57 Å². The van der Waals surface area contributed by atoms with Crippen LogP contribution in [0.1, 0.15) is 29.2 Å². The predicted octanol–water partition coefficient (Wildman–Crippen LogP) is 2.06. The Hall–Kier alpha value is -2.06. The molecule has 3 heterocycles. The van der Waals surface area contributed by atoms with Crippen molar-refractivity contribution in [1.82, 2.24) is 9.88 Å². The molecule has 0 spiro atoms. The summed E-state index contributed by atoms with van der Waals surface area (Å²) in [4.78, 5) is 27.1. The molecule has 136 valence electrons. The number of fused-ring (bicyclic) bond motifs is 5. The summed E-state index contributed by atoms with van der Waals surface area (Å²) < 4.78 is 17.0. The second-order valence-corrected chi connectivity index (χ2v) is 8.14. The van der Waals surface area contributed by atoms with Crippen LogP contribution >= 0.6 is 11.8 Å². The van der Waals surface area contributed by atoms with Gasteiger partial charge in [0.15, 0.2) is 0 Å². The molecule has 1 aliphatic carbocycles. The average Bonchev–Trinajstić information content (AvgIpc) is 3.47. The van der Waals surface area contributed by atoms with Crippen molar-refractivity contribution in [2.45, 2.75) is 29.8 Å². The highest BCUT2D eigenvalue weighted by Crippen LogP contribution is 2.46. The van der Waals surface area contributed by atoms with Gasteiger partial charge in [-0.05, 0) is 18.9 Å². The van der Waals surface area contributed by atoms with Gasteiger partial charge >= 0.3 is 5.97 Å². The van der Waals surface area contributed by atoms with Crippen molar-refractivity contribution in [2.24, 2.45) is 0 Å². The Morgan fingerprint density at radius 2 is 2.15 bits per heavy atom. The molecular formula is C18H18FN3O3S. The number of carboxylic acids is 1. The number of thioether (sulfide) groups is 1. The van der Waals surface area contributed by atoms with Gasteiger partial charge in [-0.1, -0.05) is 0 Å². The lowest BCUT2D eigenvalue weighted by atomic mass is 10.1. The maximum Gasteiger partial charge on any atom is 0.341 e. The van der Waals surface area contributed by atoms with E-state index >= 15 is 4.39 Å². The topological polar surface area (TPSA) is 74.6 Å². The maximum atomic E-state index is 15.1. The Morgan fingerprint density at radius 3 is 2.88 bits per heavy atom. The smallest absolute Gasteiger partial charge is 0.341 e. The van der Waals surface area contributed by atoms with E-state index < -0.39 is 17.2 Å². The number of nitrogens with one attached hydrogen (secondary N) is 1. The third-order valence-electron chi connectivity index (χ3n) is 5.43. The molecule has 0 amide bonds. The molecule has 1 saturated heterocycles. The molecule has 1 aromatic carbocycles. The summed E-state index contributed by atoms with van der Waals surface area (Å²) in [6, 6.07) is 1.66. The first-order valence-electron chi connectivity index (χ1n) is 8.81. The molecule has 1 aromatic heterocycles. The van der Waals surface area contributed by atoms with Gasteiger partial charge in [-0.3, -0.25) is 4.79 Å². The number of hydrogen-bond acceptors (Lipinski definition) is 5. The van der Waals surface area contributed by atoms with Gasteiger partial charge in [-0.15, -0.1) is 11.8 Å². The number of anilines is 1. The quantitative estimate of drug-likeness (QED) is 0.837. The summed E-state index contributed by atoms with van der Waals surface area (Å²) in [6.07, 6.45) is 3.35. The lowest BCUT2D eigenvalue weighted by Gasteiger charge is -2.42. The lowest BCUT2D eigenvalue weighted by Crippen LogP contribution is -2.54.